The van der Waals surface area contributed by atoms with Crippen molar-refractivity contribution in [3.63, 3.8) is 0 Å². The highest BCUT2D eigenvalue weighted by Crippen LogP contribution is 2.26. The van der Waals surface area contributed by atoms with E-state index in [1.807, 2.05) is 24.3 Å². The Balaban J connectivity index is 2.02. The summed E-state index contributed by atoms with van der Waals surface area (Å²) in [6, 6.07) is 7.42. The first-order valence-electron chi connectivity index (χ1n) is 7.46. The van der Waals surface area contributed by atoms with E-state index in [1.54, 1.807) is 7.05 Å². The molecular formula is C15H16N6O2S2. The van der Waals surface area contributed by atoms with Crippen LogP contribution in [0.4, 0.5) is 5.13 Å². The average Bonchev–Trinajstić information content (AvgIpc) is 3.14. The molecule has 0 saturated carbocycles. The molecular weight excluding hydrogens is 360 g/mol. The molecule has 10 heteroatoms. The quantitative estimate of drug-likeness (QED) is 0.400. The number of aryl methyl sites for hydroxylation is 1. The van der Waals surface area contributed by atoms with Crippen molar-refractivity contribution in [2.24, 2.45) is 0 Å². The predicted octanol–water partition coefficient (Wildman–Crippen LogP) is 1.80. The molecule has 25 heavy (non-hydrogen) atoms. The number of amides is 2. The molecule has 0 unspecified atom stereocenters. The van der Waals surface area contributed by atoms with E-state index in [0.717, 1.165) is 22.3 Å². The number of aromatic amines is 1. The van der Waals surface area contributed by atoms with E-state index in [1.165, 1.54) is 4.68 Å². The Bertz CT molecular complexity index is 1000. The minimum Gasteiger partial charge on any atom is -0.359 e. The Kier molecular flexibility index (Phi) is 4.81. The number of nitrogens with two attached hydrogens (primary N) is 1. The van der Waals surface area contributed by atoms with Gasteiger partial charge >= 0.3 is 0 Å². The number of hydrogen-bond donors (Lipinski definition) is 4. The van der Waals surface area contributed by atoms with Gasteiger partial charge in [-0.05, 0) is 30.3 Å². The molecule has 130 valence electrons. The molecule has 3 aromatic rings. The van der Waals surface area contributed by atoms with Gasteiger partial charge in [-0.1, -0.05) is 29.5 Å². The molecule has 0 aliphatic carbocycles. The number of rotatable bonds is 5. The van der Waals surface area contributed by atoms with Gasteiger partial charge in [0.05, 0.1) is 5.52 Å². The van der Waals surface area contributed by atoms with Crippen LogP contribution in [0.2, 0.25) is 0 Å². The van der Waals surface area contributed by atoms with E-state index in [9.17, 15) is 9.59 Å². The third-order valence-electron chi connectivity index (χ3n) is 3.77. The molecule has 0 fully saturated rings. The van der Waals surface area contributed by atoms with Crippen LogP contribution >= 0.6 is 23.6 Å². The summed E-state index contributed by atoms with van der Waals surface area (Å²) < 4.78 is 1.80. The van der Waals surface area contributed by atoms with Crippen molar-refractivity contribution < 1.29 is 9.59 Å². The number of carbonyl (C=O) groups is 2. The van der Waals surface area contributed by atoms with Gasteiger partial charge in [0, 0.05) is 18.9 Å². The Hall–Kier alpha value is -2.72. The normalized spacial score (nSPS) is 10.8. The van der Waals surface area contributed by atoms with Crippen LogP contribution in [0.5, 0.6) is 0 Å². The first kappa shape index (κ1) is 17.1. The molecule has 0 radical (unpaired) electrons. The molecule has 3 rings (SSSR count). The molecule has 0 aliphatic heterocycles. The fourth-order valence-corrected chi connectivity index (χ4v) is 3.42. The van der Waals surface area contributed by atoms with Crippen LogP contribution in [0.15, 0.2) is 24.3 Å². The molecule has 0 atom stereocenters. The average molecular weight is 376 g/mol. The Labute approximate surface area is 152 Å². The summed E-state index contributed by atoms with van der Waals surface area (Å²) in [5.41, 5.74) is 1.73. The summed E-state index contributed by atoms with van der Waals surface area (Å²) in [6.45, 7) is 0. The number of H-pyrrole nitrogens is 1. The number of anilines is 1. The predicted molar refractivity (Wildman–Crippen MR) is 99.7 cm³/mol. The van der Waals surface area contributed by atoms with Crippen LogP contribution in [-0.2, 0) is 11.2 Å². The molecule has 0 spiro atoms. The summed E-state index contributed by atoms with van der Waals surface area (Å²) in [5, 5.41) is 13.0. The number of fused-ring (bicyclic) bond motifs is 1. The highest BCUT2D eigenvalue weighted by Gasteiger charge is 2.22. The number of nitrogens with one attached hydrogen (secondary N) is 3. The van der Waals surface area contributed by atoms with Crippen LogP contribution in [0.25, 0.3) is 10.9 Å². The lowest BCUT2D eigenvalue weighted by Gasteiger charge is -2.07. The summed E-state index contributed by atoms with van der Waals surface area (Å²) in [5.74, 6) is 5.64. The van der Waals surface area contributed by atoms with Gasteiger partial charge in [-0.15, -0.1) is 5.10 Å². The minimum atomic E-state index is -0.400. The molecule has 1 aromatic carbocycles. The maximum absolute atomic E-state index is 12.8. The molecule has 2 amide bonds. The van der Waals surface area contributed by atoms with Gasteiger partial charge in [0.25, 0.3) is 5.91 Å². The number of nitrogen functional groups attached to an aromatic ring is 1. The topological polar surface area (TPSA) is 118 Å². The largest absolute Gasteiger partial charge is 0.359 e. The van der Waals surface area contributed by atoms with Crippen molar-refractivity contribution in [1.82, 2.24) is 20.2 Å². The van der Waals surface area contributed by atoms with E-state index in [2.05, 4.69) is 20.8 Å². The van der Waals surface area contributed by atoms with Gasteiger partial charge in [-0.2, -0.15) is 0 Å². The zero-order valence-corrected chi connectivity index (χ0v) is 15.0. The second kappa shape index (κ2) is 7.03. The Morgan fingerprint density at radius 3 is 2.84 bits per heavy atom. The minimum absolute atomic E-state index is 0.106. The summed E-state index contributed by atoms with van der Waals surface area (Å²) in [4.78, 5) is 24.4. The fourth-order valence-electron chi connectivity index (χ4n) is 2.64. The Morgan fingerprint density at radius 1 is 1.40 bits per heavy atom. The second-order valence-electron chi connectivity index (χ2n) is 5.26. The first-order chi connectivity index (χ1) is 12.0. The van der Waals surface area contributed by atoms with Crippen LogP contribution in [0.1, 0.15) is 22.5 Å². The third kappa shape index (κ3) is 3.39. The molecule has 0 aliphatic rings. The van der Waals surface area contributed by atoms with E-state index >= 15 is 0 Å². The van der Waals surface area contributed by atoms with E-state index < -0.39 is 5.91 Å². The van der Waals surface area contributed by atoms with Crippen LogP contribution in [-0.4, -0.2) is 33.7 Å². The third-order valence-corrected chi connectivity index (χ3v) is 4.77. The maximum Gasteiger partial charge on any atom is 0.276 e. The maximum atomic E-state index is 12.8. The monoisotopic (exact) mass is 376 g/mol. The zero-order chi connectivity index (χ0) is 18.0. The summed E-state index contributed by atoms with van der Waals surface area (Å²) in [7, 11) is 1.58. The van der Waals surface area contributed by atoms with Crippen molar-refractivity contribution in [3.8, 4) is 0 Å². The lowest BCUT2D eigenvalue weighted by atomic mass is 10.0. The number of carbonyl (C=O) groups excluding carboxylic acids is 2. The number of nitrogens with zero attached hydrogens (tertiary/aromatic N) is 2. The van der Waals surface area contributed by atoms with Crippen molar-refractivity contribution in [3.05, 3.63) is 39.5 Å². The highest BCUT2D eigenvalue weighted by molar-refractivity contribution is 7.73. The van der Waals surface area contributed by atoms with E-state index in [4.69, 9.17) is 18.1 Å². The number of para-hydroxylation sites is 1. The van der Waals surface area contributed by atoms with Crippen LogP contribution in [0, 0.1) is 3.95 Å². The highest BCUT2D eigenvalue weighted by atomic mass is 32.1. The van der Waals surface area contributed by atoms with Crippen LogP contribution in [0.3, 0.4) is 0 Å². The van der Waals surface area contributed by atoms with Crippen molar-refractivity contribution >= 4 is 51.4 Å². The molecule has 0 bridgehead atoms. The second-order valence-corrected chi connectivity index (χ2v) is 6.93. The zero-order valence-electron chi connectivity index (χ0n) is 13.3. The SMILES string of the molecule is CNC(=O)CCc1c(C(=O)Nc2n[nH]c(=S)s2)n(N)c2ccccc12. The first-order valence-corrected chi connectivity index (χ1v) is 8.68. The Morgan fingerprint density at radius 2 is 2.16 bits per heavy atom. The molecule has 8 nitrogen and oxygen atoms in total. The van der Waals surface area contributed by atoms with Gasteiger partial charge in [-0.25, -0.2) is 0 Å². The van der Waals surface area contributed by atoms with Gasteiger partial charge in [-0.3, -0.25) is 24.7 Å². The lowest BCUT2D eigenvalue weighted by Crippen LogP contribution is -2.23. The van der Waals surface area contributed by atoms with Gasteiger partial charge in [0.2, 0.25) is 11.0 Å². The van der Waals surface area contributed by atoms with Gasteiger partial charge in [0.15, 0.2) is 3.95 Å². The van der Waals surface area contributed by atoms with Crippen LogP contribution < -0.4 is 16.5 Å². The molecule has 5 N–H and O–H groups in total. The van der Waals surface area contributed by atoms with E-state index in [0.29, 0.717) is 26.7 Å². The summed E-state index contributed by atoms with van der Waals surface area (Å²) >= 11 is 6.12. The van der Waals surface area contributed by atoms with E-state index in [-0.39, 0.29) is 12.3 Å². The lowest BCUT2D eigenvalue weighted by molar-refractivity contribution is -0.120. The number of hydrogen-bond acceptors (Lipinski definition) is 6. The molecule has 2 heterocycles. The van der Waals surface area contributed by atoms with Crippen molar-refractivity contribution in [1.29, 1.82) is 0 Å². The number of aromatic nitrogens is 3. The van der Waals surface area contributed by atoms with Crippen molar-refractivity contribution in [2.45, 2.75) is 12.8 Å². The number of benzene rings is 1. The van der Waals surface area contributed by atoms with Gasteiger partial charge < -0.3 is 11.2 Å². The molecule has 2 aromatic heterocycles. The molecule has 0 saturated heterocycles. The summed E-state index contributed by atoms with van der Waals surface area (Å²) in [6.07, 6.45) is 0.648. The standard InChI is InChI=1S/C15H16N6O2S2/c1-17-11(22)7-6-9-8-4-2-3-5-10(8)21(16)12(9)13(23)18-14-19-20-15(24)25-14/h2-5H,6-7,16H2,1H3,(H,17,22)(H,20,24)(H,18,19,23). The fraction of sp³-hybridized carbons (Fsp3) is 0.200. The smallest absolute Gasteiger partial charge is 0.276 e. The van der Waals surface area contributed by atoms with Crippen molar-refractivity contribution in [2.75, 3.05) is 18.2 Å². The van der Waals surface area contributed by atoms with Gasteiger partial charge in [0.1, 0.15) is 5.69 Å².